The van der Waals surface area contributed by atoms with Gasteiger partial charge in [-0.1, -0.05) is 29.8 Å². The molecule has 0 atom stereocenters. The molecule has 0 aliphatic rings. The van der Waals surface area contributed by atoms with Crippen molar-refractivity contribution in [1.29, 1.82) is 0 Å². The number of carbonyl (C=O) groups is 1. The van der Waals surface area contributed by atoms with Gasteiger partial charge in [-0.15, -0.1) is 0 Å². The first-order valence-corrected chi connectivity index (χ1v) is 8.80. The highest BCUT2D eigenvalue weighted by atomic mass is 19.2. The molecule has 2 N–H and O–H groups in total. The van der Waals surface area contributed by atoms with Gasteiger partial charge in [0.2, 0.25) is 5.91 Å². The van der Waals surface area contributed by atoms with Gasteiger partial charge in [0.05, 0.1) is 5.69 Å². The summed E-state index contributed by atoms with van der Waals surface area (Å²) in [4.78, 5) is 18.1. The third-order valence-corrected chi connectivity index (χ3v) is 3.92. The van der Waals surface area contributed by atoms with E-state index in [0.717, 1.165) is 23.3 Å². The van der Waals surface area contributed by atoms with Gasteiger partial charge in [-0.3, -0.25) is 4.79 Å². The Kier molecular flexibility index (Phi) is 7.43. The van der Waals surface area contributed by atoms with Crippen LogP contribution in [0.2, 0.25) is 0 Å². The van der Waals surface area contributed by atoms with Gasteiger partial charge in [0.1, 0.15) is 6.54 Å². The van der Waals surface area contributed by atoms with E-state index in [-0.39, 0.29) is 6.54 Å². The number of nitrogens with one attached hydrogen (secondary N) is 2. The number of anilines is 1. The maximum Gasteiger partial charge on any atom is 0.246 e. The summed E-state index contributed by atoms with van der Waals surface area (Å²) in [5.74, 6) is -4.55. The minimum absolute atomic E-state index is 0.307. The second-order valence-corrected chi connectivity index (χ2v) is 6.28. The monoisotopic (exact) mass is 392 g/mol. The highest BCUT2D eigenvalue weighted by molar-refractivity contribution is 5.94. The normalized spacial score (nSPS) is 11.3. The van der Waals surface area contributed by atoms with Crippen molar-refractivity contribution >= 4 is 17.6 Å². The summed E-state index contributed by atoms with van der Waals surface area (Å²) in [7, 11) is 1.83. The number of carbonyl (C=O) groups excluding carboxylic acids is 1. The predicted molar refractivity (Wildman–Crippen MR) is 104 cm³/mol. The minimum atomic E-state index is -1.63. The van der Waals surface area contributed by atoms with Gasteiger partial charge in [0.15, 0.2) is 23.4 Å². The Morgan fingerprint density at radius 2 is 1.75 bits per heavy atom. The SMILES string of the molecule is CCNC(=NCC(=O)Nc1ccc(F)c(F)c1F)N(C)Cc1ccc(C)cc1. The van der Waals surface area contributed by atoms with Crippen molar-refractivity contribution in [3.8, 4) is 0 Å². The molecule has 0 bridgehead atoms. The van der Waals surface area contributed by atoms with E-state index in [9.17, 15) is 18.0 Å². The second-order valence-electron chi connectivity index (χ2n) is 6.28. The first-order valence-electron chi connectivity index (χ1n) is 8.80. The molecule has 150 valence electrons. The summed E-state index contributed by atoms with van der Waals surface area (Å²) in [6.07, 6.45) is 0. The van der Waals surface area contributed by atoms with Gasteiger partial charge in [-0.05, 0) is 31.5 Å². The molecule has 0 aromatic heterocycles. The van der Waals surface area contributed by atoms with E-state index < -0.39 is 29.0 Å². The third kappa shape index (κ3) is 5.73. The average molecular weight is 392 g/mol. The lowest BCUT2D eigenvalue weighted by Gasteiger charge is -2.22. The molecule has 0 aliphatic heterocycles. The van der Waals surface area contributed by atoms with Crippen molar-refractivity contribution in [3.05, 3.63) is 65.0 Å². The van der Waals surface area contributed by atoms with Gasteiger partial charge in [-0.25, -0.2) is 18.2 Å². The fourth-order valence-corrected chi connectivity index (χ4v) is 2.47. The van der Waals surface area contributed by atoms with Crippen LogP contribution in [0.4, 0.5) is 18.9 Å². The molecule has 0 saturated carbocycles. The highest BCUT2D eigenvalue weighted by Crippen LogP contribution is 2.19. The number of aliphatic imine (C=N–C) groups is 1. The molecule has 5 nitrogen and oxygen atoms in total. The molecule has 0 spiro atoms. The summed E-state index contributed by atoms with van der Waals surface area (Å²) < 4.78 is 39.9. The lowest BCUT2D eigenvalue weighted by Crippen LogP contribution is -2.39. The van der Waals surface area contributed by atoms with Crippen molar-refractivity contribution < 1.29 is 18.0 Å². The number of guanidine groups is 1. The highest BCUT2D eigenvalue weighted by Gasteiger charge is 2.15. The molecule has 28 heavy (non-hydrogen) atoms. The fourth-order valence-electron chi connectivity index (χ4n) is 2.47. The largest absolute Gasteiger partial charge is 0.357 e. The van der Waals surface area contributed by atoms with Crippen molar-refractivity contribution in [2.75, 3.05) is 25.5 Å². The van der Waals surface area contributed by atoms with Crippen molar-refractivity contribution in [1.82, 2.24) is 10.2 Å². The van der Waals surface area contributed by atoms with Crippen LogP contribution in [0.3, 0.4) is 0 Å². The Bertz CT molecular complexity index is 853. The first-order chi connectivity index (χ1) is 13.3. The number of aryl methyl sites for hydroxylation is 1. The molecular formula is C20H23F3N4O. The van der Waals surface area contributed by atoms with Gasteiger partial charge in [-0.2, -0.15) is 0 Å². The van der Waals surface area contributed by atoms with E-state index in [1.165, 1.54) is 0 Å². The van der Waals surface area contributed by atoms with Crippen LogP contribution in [0.15, 0.2) is 41.4 Å². The quantitative estimate of drug-likeness (QED) is 0.450. The maximum atomic E-state index is 13.7. The summed E-state index contributed by atoms with van der Waals surface area (Å²) in [5.41, 5.74) is 1.80. The van der Waals surface area contributed by atoms with Gasteiger partial charge >= 0.3 is 0 Å². The van der Waals surface area contributed by atoms with E-state index in [1.807, 2.05) is 50.1 Å². The number of nitrogens with zero attached hydrogens (tertiary/aromatic N) is 2. The first kappa shape index (κ1) is 21.3. The number of hydrogen-bond donors (Lipinski definition) is 2. The van der Waals surface area contributed by atoms with Crippen molar-refractivity contribution in [2.24, 2.45) is 4.99 Å². The summed E-state index contributed by atoms with van der Waals surface area (Å²) >= 11 is 0. The number of hydrogen-bond acceptors (Lipinski definition) is 2. The van der Waals surface area contributed by atoms with Crippen LogP contribution in [0.25, 0.3) is 0 Å². The van der Waals surface area contributed by atoms with E-state index in [0.29, 0.717) is 19.0 Å². The lowest BCUT2D eigenvalue weighted by molar-refractivity contribution is -0.114. The maximum absolute atomic E-state index is 13.7. The average Bonchev–Trinajstić information content (AvgIpc) is 2.67. The van der Waals surface area contributed by atoms with Crippen LogP contribution in [0.5, 0.6) is 0 Å². The van der Waals surface area contributed by atoms with Crippen LogP contribution in [-0.2, 0) is 11.3 Å². The zero-order chi connectivity index (χ0) is 20.7. The van der Waals surface area contributed by atoms with E-state index >= 15 is 0 Å². The smallest absolute Gasteiger partial charge is 0.246 e. The molecule has 2 aromatic rings. The molecular weight excluding hydrogens is 369 g/mol. The topological polar surface area (TPSA) is 56.7 Å². The van der Waals surface area contributed by atoms with Crippen molar-refractivity contribution in [2.45, 2.75) is 20.4 Å². The number of halogens is 3. The second kappa shape index (κ2) is 9.77. The summed E-state index contributed by atoms with van der Waals surface area (Å²) in [6.45, 7) is 4.76. The Morgan fingerprint density at radius 1 is 1.07 bits per heavy atom. The molecule has 0 unspecified atom stereocenters. The lowest BCUT2D eigenvalue weighted by atomic mass is 10.1. The van der Waals surface area contributed by atoms with Gasteiger partial charge < -0.3 is 15.5 Å². The molecule has 2 aromatic carbocycles. The zero-order valence-corrected chi connectivity index (χ0v) is 16.0. The van der Waals surface area contributed by atoms with Crippen LogP contribution in [-0.4, -0.2) is 36.9 Å². The Hall–Kier alpha value is -3.03. The molecule has 0 fully saturated rings. The zero-order valence-electron chi connectivity index (χ0n) is 16.0. The number of rotatable bonds is 6. The van der Waals surface area contributed by atoms with Crippen LogP contribution in [0, 0.1) is 24.4 Å². The standard InChI is InChI=1S/C20H23F3N4O/c1-4-24-20(27(3)12-14-7-5-13(2)6-8-14)25-11-17(28)26-16-10-9-15(21)18(22)19(16)23/h5-10H,4,11-12H2,1-3H3,(H,24,25)(H,26,28). The number of benzene rings is 2. The summed E-state index contributed by atoms with van der Waals surface area (Å²) in [6, 6.07) is 9.75. The van der Waals surface area contributed by atoms with E-state index in [2.05, 4.69) is 15.6 Å². The number of amides is 1. The predicted octanol–water partition coefficient (Wildman–Crippen LogP) is 3.45. The summed E-state index contributed by atoms with van der Waals surface area (Å²) in [5, 5.41) is 5.27. The third-order valence-electron chi connectivity index (χ3n) is 3.92. The Morgan fingerprint density at radius 3 is 2.39 bits per heavy atom. The van der Waals surface area contributed by atoms with E-state index in [4.69, 9.17) is 0 Å². The molecule has 8 heteroatoms. The minimum Gasteiger partial charge on any atom is -0.357 e. The fraction of sp³-hybridized carbons (Fsp3) is 0.300. The molecule has 1 amide bonds. The van der Waals surface area contributed by atoms with Crippen LogP contribution < -0.4 is 10.6 Å². The molecule has 0 heterocycles. The van der Waals surface area contributed by atoms with Gasteiger partial charge in [0.25, 0.3) is 0 Å². The van der Waals surface area contributed by atoms with Crippen LogP contribution >= 0.6 is 0 Å². The van der Waals surface area contributed by atoms with Gasteiger partial charge in [0, 0.05) is 20.1 Å². The Labute approximate surface area is 162 Å². The van der Waals surface area contributed by atoms with Crippen molar-refractivity contribution in [3.63, 3.8) is 0 Å². The van der Waals surface area contributed by atoms with E-state index in [1.54, 1.807) is 0 Å². The Balaban J connectivity index is 2.03. The molecule has 0 radical (unpaired) electrons. The van der Waals surface area contributed by atoms with Crippen LogP contribution in [0.1, 0.15) is 18.1 Å². The molecule has 2 rings (SSSR count). The molecule has 0 saturated heterocycles. The molecule has 0 aliphatic carbocycles.